The van der Waals surface area contributed by atoms with Crippen LogP contribution in [0.1, 0.15) is 74.6 Å². The highest BCUT2D eigenvalue weighted by atomic mass is 32.3. The number of piperidine rings is 2. The van der Waals surface area contributed by atoms with Crippen molar-refractivity contribution in [1.29, 1.82) is 0 Å². The molecule has 0 saturated carbocycles. The van der Waals surface area contributed by atoms with Crippen molar-refractivity contribution in [3.8, 4) is 17.1 Å². The molecule has 0 unspecified atom stereocenters. The predicted molar refractivity (Wildman–Crippen MR) is 169 cm³/mol. The summed E-state index contributed by atoms with van der Waals surface area (Å²) in [6.07, 6.45) is 5.59. The van der Waals surface area contributed by atoms with E-state index < -0.39 is 45.2 Å². The molecule has 1 N–H and O–H groups in total. The summed E-state index contributed by atoms with van der Waals surface area (Å²) in [5.41, 5.74) is -0.789. The second-order valence-corrected chi connectivity index (χ2v) is 14.2. The van der Waals surface area contributed by atoms with E-state index in [-0.39, 0.29) is 18.5 Å². The van der Waals surface area contributed by atoms with Crippen LogP contribution in [0.15, 0.2) is 29.1 Å². The van der Waals surface area contributed by atoms with Gasteiger partial charge >= 0.3 is 28.4 Å². The van der Waals surface area contributed by atoms with Crippen molar-refractivity contribution in [2.45, 2.75) is 83.0 Å². The van der Waals surface area contributed by atoms with Gasteiger partial charge in [0.25, 0.3) is 5.56 Å². The monoisotopic (exact) mass is 680 g/mol. The molecule has 1 amide bonds. The van der Waals surface area contributed by atoms with E-state index >= 15 is 0 Å². The number of aryl methyl sites for hydroxylation is 1. The van der Waals surface area contributed by atoms with Crippen LogP contribution < -0.4 is 10.3 Å². The summed E-state index contributed by atoms with van der Waals surface area (Å²) in [4.78, 5) is 49.7. The largest absolute Gasteiger partial charge is 0.415 e. The Morgan fingerprint density at radius 3 is 2.46 bits per heavy atom. The van der Waals surface area contributed by atoms with Crippen molar-refractivity contribution in [2.24, 2.45) is 0 Å². The zero-order chi connectivity index (χ0) is 33.6. The first-order chi connectivity index (χ1) is 23.0. The molecule has 8 rings (SSSR count). The van der Waals surface area contributed by atoms with Crippen molar-refractivity contribution in [1.82, 2.24) is 19.4 Å². The fourth-order valence-electron chi connectivity index (χ4n) is 7.79. The highest BCUT2D eigenvalue weighted by molar-refractivity contribution is 7.82. The number of hydrogen-bond acceptors (Lipinski definition) is 12. The minimum absolute atomic E-state index is 0.0226. The summed E-state index contributed by atoms with van der Waals surface area (Å²) in [6.45, 7) is 7.01. The number of nitrogens with zero attached hydrogens (tertiary/aromatic N) is 4. The van der Waals surface area contributed by atoms with Crippen LogP contribution in [-0.4, -0.2) is 77.2 Å². The van der Waals surface area contributed by atoms with E-state index in [9.17, 15) is 27.9 Å². The maximum atomic E-state index is 14.0. The van der Waals surface area contributed by atoms with Gasteiger partial charge in [-0.2, -0.15) is 16.8 Å². The number of ether oxygens (including phenoxy) is 2. The van der Waals surface area contributed by atoms with Crippen LogP contribution in [0.3, 0.4) is 0 Å². The van der Waals surface area contributed by atoms with Crippen LogP contribution in [-0.2, 0) is 52.8 Å². The molecule has 1 atom stereocenters. The van der Waals surface area contributed by atoms with E-state index in [2.05, 4.69) is 4.90 Å². The Bertz CT molecular complexity index is 2040. The SMILES string of the molecule is CCc1ccc(OC(=O)N2CCC(N3CCCCC3)CC2)c2cc3c(nc12)-c1cc2c(c(=O)n1C3)C1(OC(=O)[C@]2(O)CC)OS(=O)(=O)O1. The van der Waals surface area contributed by atoms with Crippen molar-refractivity contribution in [3.05, 3.63) is 56.9 Å². The Morgan fingerprint density at radius 2 is 1.79 bits per heavy atom. The van der Waals surface area contributed by atoms with E-state index in [4.69, 9.17) is 22.8 Å². The molecule has 7 heterocycles. The van der Waals surface area contributed by atoms with Gasteiger partial charge in [-0.3, -0.25) is 4.79 Å². The van der Waals surface area contributed by atoms with Gasteiger partial charge in [0.15, 0.2) is 5.60 Å². The quantitative estimate of drug-likeness (QED) is 0.314. The number of pyridine rings is 2. The molecule has 15 heteroatoms. The van der Waals surface area contributed by atoms with Crippen molar-refractivity contribution < 1.29 is 41.0 Å². The number of amides is 1. The molecule has 14 nitrogen and oxygen atoms in total. The van der Waals surface area contributed by atoms with Gasteiger partial charge in [0.2, 0.25) is 0 Å². The van der Waals surface area contributed by atoms with Gasteiger partial charge in [-0.1, -0.05) is 26.3 Å². The molecule has 0 aliphatic carbocycles. The smallest absolute Gasteiger partial charge is 0.409 e. The summed E-state index contributed by atoms with van der Waals surface area (Å²) in [5.74, 6) is -3.49. The number of benzene rings is 1. The average Bonchev–Trinajstić information content (AvgIpc) is 3.44. The number of aliphatic hydroxyl groups is 1. The minimum atomic E-state index is -4.52. The molecule has 1 aromatic carbocycles. The standard InChI is InChI=1S/C33H36N4O10S/c1-3-19-8-9-25(44-31(40)36-14-10-21(11-15-36)35-12-6-5-7-13-35)22-16-20-18-37-24(28(20)34-27(19)22)17-23-26(29(37)38)33(46-48(42,43)47-33)45-30(39)32(23,41)4-2/h8-9,16-17,21,41H,3-7,10-15,18H2,1-2H3/t32-/m0/s1. The Morgan fingerprint density at radius 1 is 1.06 bits per heavy atom. The van der Waals surface area contributed by atoms with E-state index in [0.717, 1.165) is 31.5 Å². The highest BCUT2D eigenvalue weighted by Crippen LogP contribution is 2.50. The number of carbonyl (C=O) groups is 2. The number of rotatable bonds is 4. The Balaban J connectivity index is 1.14. The number of hydrogen-bond donors (Lipinski definition) is 1. The van der Waals surface area contributed by atoms with Gasteiger partial charge in [0.05, 0.1) is 23.4 Å². The number of fused-ring (bicyclic) bond motifs is 6. The maximum absolute atomic E-state index is 14.0. The molecule has 3 saturated heterocycles. The lowest BCUT2D eigenvalue weighted by molar-refractivity contribution is -0.356. The first kappa shape index (κ1) is 31.4. The third-order valence-electron chi connectivity index (χ3n) is 10.4. The van der Waals surface area contributed by atoms with Crippen LogP contribution in [0.5, 0.6) is 5.75 Å². The fraction of sp³-hybridized carbons (Fsp3) is 0.515. The molecule has 5 aliphatic heterocycles. The van der Waals surface area contributed by atoms with Crippen LogP contribution in [0, 0.1) is 0 Å². The molecule has 0 bridgehead atoms. The lowest BCUT2D eigenvalue weighted by Gasteiger charge is -2.44. The lowest BCUT2D eigenvalue weighted by atomic mass is 9.84. The maximum Gasteiger partial charge on any atom is 0.415 e. The number of carbonyl (C=O) groups excluding carboxylic acids is 2. The van der Waals surface area contributed by atoms with E-state index in [1.807, 2.05) is 19.1 Å². The van der Waals surface area contributed by atoms with Gasteiger partial charge in [-0.25, -0.2) is 14.6 Å². The predicted octanol–water partition coefficient (Wildman–Crippen LogP) is 2.99. The summed E-state index contributed by atoms with van der Waals surface area (Å²) >= 11 is 0. The fourth-order valence-corrected chi connectivity index (χ4v) is 8.58. The second-order valence-electron chi connectivity index (χ2n) is 13.1. The van der Waals surface area contributed by atoms with Gasteiger partial charge in [0.1, 0.15) is 11.3 Å². The Labute approximate surface area is 276 Å². The topological polar surface area (TPSA) is 167 Å². The molecule has 1 spiro atoms. The molecular formula is C33H36N4O10S. The van der Waals surface area contributed by atoms with Gasteiger partial charge in [0, 0.05) is 35.6 Å². The molecule has 5 aliphatic rings. The Hall–Kier alpha value is -3.89. The highest BCUT2D eigenvalue weighted by Gasteiger charge is 2.67. The Kier molecular flexibility index (Phi) is 7.24. The van der Waals surface area contributed by atoms with Crippen LogP contribution in [0.4, 0.5) is 4.79 Å². The normalized spacial score (nSPS) is 24.5. The summed E-state index contributed by atoms with van der Waals surface area (Å²) < 4.78 is 45.9. The van der Waals surface area contributed by atoms with Crippen LogP contribution in [0.25, 0.3) is 22.3 Å². The van der Waals surface area contributed by atoms with E-state index in [1.54, 1.807) is 11.0 Å². The number of likely N-dealkylation sites (tertiary alicyclic amines) is 2. The van der Waals surface area contributed by atoms with Gasteiger partial charge in [-0.15, -0.1) is 0 Å². The average molecular weight is 681 g/mol. The summed E-state index contributed by atoms with van der Waals surface area (Å²) in [5, 5.41) is 12.0. The van der Waals surface area contributed by atoms with E-state index in [1.165, 1.54) is 36.8 Å². The second kappa shape index (κ2) is 11.1. The molecule has 2 aromatic heterocycles. The first-order valence-electron chi connectivity index (χ1n) is 16.5. The molecular weight excluding hydrogens is 644 g/mol. The van der Waals surface area contributed by atoms with Crippen molar-refractivity contribution in [3.63, 3.8) is 0 Å². The summed E-state index contributed by atoms with van der Waals surface area (Å²) in [6, 6.07) is 7.38. The van der Waals surface area contributed by atoms with Gasteiger partial charge < -0.3 is 28.9 Å². The van der Waals surface area contributed by atoms with E-state index in [0.29, 0.717) is 59.2 Å². The molecule has 48 heavy (non-hydrogen) atoms. The zero-order valence-electron chi connectivity index (χ0n) is 26.7. The lowest BCUT2D eigenvalue weighted by Crippen LogP contribution is -2.61. The first-order valence-corrected chi connectivity index (χ1v) is 17.9. The third kappa shape index (κ3) is 4.70. The van der Waals surface area contributed by atoms with Gasteiger partial charge in [-0.05, 0) is 75.4 Å². The van der Waals surface area contributed by atoms with Crippen molar-refractivity contribution >= 4 is 33.4 Å². The van der Waals surface area contributed by atoms with Crippen molar-refractivity contribution in [2.75, 3.05) is 26.2 Å². The molecule has 3 aromatic rings. The number of esters is 1. The van der Waals surface area contributed by atoms with Crippen LogP contribution >= 0.6 is 0 Å². The summed E-state index contributed by atoms with van der Waals surface area (Å²) in [7, 11) is -4.52. The molecule has 3 fully saturated rings. The minimum Gasteiger partial charge on any atom is -0.409 e. The van der Waals surface area contributed by atoms with Crippen LogP contribution in [0.2, 0.25) is 0 Å². The molecule has 0 radical (unpaired) electrons. The number of aromatic nitrogens is 2. The zero-order valence-corrected chi connectivity index (χ0v) is 27.5. The molecule has 254 valence electrons. The third-order valence-corrected chi connectivity index (χ3v) is 11.3.